The zero-order chi connectivity index (χ0) is 28.5. The third kappa shape index (κ3) is 30.2. The van der Waals surface area contributed by atoms with Crippen molar-refractivity contribution in [1.29, 1.82) is 0 Å². The van der Waals surface area contributed by atoms with Crippen LogP contribution in [-0.4, -0.2) is 12.6 Å². The molecule has 0 spiro atoms. The fourth-order valence-electron chi connectivity index (χ4n) is 6.70. The third-order valence-corrected chi connectivity index (χ3v) is 9.70. The van der Waals surface area contributed by atoms with Crippen molar-refractivity contribution < 1.29 is 29.3 Å². The molecule has 2 heteroatoms. The summed E-state index contributed by atoms with van der Waals surface area (Å²) in [7, 11) is 2.41. The molecule has 0 unspecified atom stereocenters. The first-order chi connectivity index (χ1) is 19.2. The molecule has 0 saturated heterocycles. The minimum atomic E-state index is 0. The lowest BCUT2D eigenvalue weighted by Gasteiger charge is -2.31. The van der Waals surface area contributed by atoms with Gasteiger partial charge in [-0.25, -0.2) is 0 Å². The van der Waals surface area contributed by atoms with Crippen LogP contribution in [-0.2, 0) is 0 Å². The van der Waals surface area contributed by atoms with Gasteiger partial charge in [0.1, 0.15) is 0 Å². The van der Waals surface area contributed by atoms with E-state index in [1.165, 1.54) is 212 Å². The monoisotopic (exact) mass is 678 g/mol. The molecule has 0 atom stereocenters. The highest BCUT2D eigenvalue weighted by atomic mass is 127. The minimum absolute atomic E-state index is 0. The first-order valence-corrected chi connectivity index (χ1v) is 19.0. The summed E-state index contributed by atoms with van der Waals surface area (Å²) >= 11 is 0. The van der Waals surface area contributed by atoms with Gasteiger partial charge in [0.15, 0.2) is 0 Å². The molecule has 0 aromatic carbocycles. The molecular weight excluding hydrogens is 597 g/mol. The van der Waals surface area contributed by atoms with Crippen molar-refractivity contribution in [2.45, 2.75) is 238 Å². The van der Waals surface area contributed by atoms with Crippen molar-refractivity contribution in [2.24, 2.45) is 0 Å². The molecule has 244 valence electrons. The van der Waals surface area contributed by atoms with Crippen molar-refractivity contribution in [3.8, 4) is 0 Å². The number of hydrogen-bond acceptors (Lipinski definition) is 0. The summed E-state index contributed by atoms with van der Waals surface area (Å²) in [4.78, 5) is 0. The van der Waals surface area contributed by atoms with Crippen molar-refractivity contribution >= 4 is 0 Å². The maximum atomic E-state index is 2.67. The molecule has 0 fully saturated rings. The Balaban J connectivity index is 0. The van der Waals surface area contributed by atoms with Crippen molar-refractivity contribution in [1.82, 2.24) is 0 Å². The Morgan fingerprint density at radius 1 is 0.300 bits per heavy atom. The van der Waals surface area contributed by atoms with E-state index in [0.717, 1.165) is 0 Å². The number of hydrogen-bond donors (Lipinski definition) is 1. The van der Waals surface area contributed by atoms with Gasteiger partial charge in [-0.3, -0.25) is 0 Å². The topological polar surface area (TPSA) is 16.6 Å². The van der Waals surface area contributed by atoms with Gasteiger partial charge in [-0.15, -0.1) is 0 Å². The van der Waals surface area contributed by atoms with Crippen molar-refractivity contribution in [3.05, 3.63) is 0 Å². The Kier molecular flexibility index (Phi) is 38.4. The van der Waals surface area contributed by atoms with E-state index in [-0.39, 0.29) is 24.0 Å². The van der Waals surface area contributed by atoms with Crippen LogP contribution in [0.15, 0.2) is 0 Å². The smallest absolute Gasteiger partial charge is 0.0959 e. The van der Waals surface area contributed by atoms with Gasteiger partial charge in [0.05, 0.1) is 12.6 Å². The SMILES string of the molecule is CCCCCCCCCCCCC(CCCCCCCCCCCC)(CCCCCCCCCCCC)[NH2+]C.[I-]. The fourth-order valence-corrected chi connectivity index (χ4v) is 6.70. The zero-order valence-corrected chi connectivity index (χ0v) is 30.9. The van der Waals surface area contributed by atoms with Crippen LogP contribution in [0.2, 0.25) is 0 Å². The first kappa shape index (κ1) is 42.8. The number of nitrogens with two attached hydrogens (primary N) is 1. The summed E-state index contributed by atoms with van der Waals surface area (Å²) in [6.45, 7) is 6.96. The number of unbranched alkanes of at least 4 members (excludes halogenated alkanes) is 27. The summed E-state index contributed by atoms with van der Waals surface area (Å²) in [6.07, 6.45) is 48.2. The van der Waals surface area contributed by atoms with Gasteiger partial charge in [-0.2, -0.15) is 0 Å². The zero-order valence-electron chi connectivity index (χ0n) is 28.8. The Morgan fingerprint density at radius 3 is 0.650 bits per heavy atom. The lowest BCUT2D eigenvalue weighted by Crippen LogP contribution is -3.00. The second-order valence-electron chi connectivity index (χ2n) is 13.4. The van der Waals surface area contributed by atoms with Crippen LogP contribution < -0.4 is 29.3 Å². The van der Waals surface area contributed by atoms with Gasteiger partial charge in [0, 0.05) is 19.3 Å². The van der Waals surface area contributed by atoms with Gasteiger partial charge in [-0.05, 0) is 19.3 Å². The highest BCUT2D eigenvalue weighted by Gasteiger charge is 2.30. The highest BCUT2D eigenvalue weighted by Crippen LogP contribution is 2.26. The largest absolute Gasteiger partial charge is 1.00 e. The molecule has 40 heavy (non-hydrogen) atoms. The molecule has 1 nitrogen and oxygen atoms in total. The average Bonchev–Trinajstić information content (AvgIpc) is 2.95. The summed E-state index contributed by atoms with van der Waals surface area (Å²) in [6, 6.07) is 0. The summed E-state index contributed by atoms with van der Waals surface area (Å²) in [5.41, 5.74) is 0.542. The molecule has 0 radical (unpaired) electrons. The van der Waals surface area contributed by atoms with Gasteiger partial charge >= 0.3 is 0 Å². The van der Waals surface area contributed by atoms with Gasteiger partial charge < -0.3 is 29.3 Å². The van der Waals surface area contributed by atoms with Crippen LogP contribution in [0.4, 0.5) is 0 Å². The van der Waals surface area contributed by atoms with Crippen molar-refractivity contribution in [2.75, 3.05) is 7.05 Å². The fraction of sp³-hybridized carbons (Fsp3) is 1.00. The lowest BCUT2D eigenvalue weighted by molar-refractivity contribution is -0.707. The van der Waals surface area contributed by atoms with Crippen LogP contribution in [0.5, 0.6) is 0 Å². The Hall–Kier alpha value is 0.690. The average molecular weight is 678 g/mol. The van der Waals surface area contributed by atoms with Gasteiger partial charge in [-0.1, -0.05) is 194 Å². The summed E-state index contributed by atoms with van der Waals surface area (Å²) in [5.74, 6) is 0. The minimum Gasteiger partial charge on any atom is -1.00 e. The standard InChI is InChI=1S/C38H79N.HI/c1-5-8-11-14-17-20-23-26-29-32-35-38(39-4,36-33-30-27-24-21-18-15-12-9-6-2)37-34-31-28-25-22-19-16-13-10-7-3;/h39H,5-37H2,1-4H3;1H. The molecule has 0 aliphatic rings. The van der Waals surface area contributed by atoms with Crippen molar-refractivity contribution in [3.63, 3.8) is 0 Å². The number of rotatable bonds is 34. The Morgan fingerprint density at radius 2 is 0.475 bits per heavy atom. The van der Waals surface area contributed by atoms with Crippen LogP contribution >= 0.6 is 0 Å². The van der Waals surface area contributed by atoms with Gasteiger partial charge in [0.2, 0.25) is 0 Å². The predicted molar refractivity (Wildman–Crippen MR) is 180 cm³/mol. The van der Waals surface area contributed by atoms with E-state index < -0.39 is 0 Å². The number of quaternary nitrogens is 1. The molecule has 0 bridgehead atoms. The maximum Gasteiger partial charge on any atom is 0.0959 e. The van der Waals surface area contributed by atoms with E-state index in [4.69, 9.17) is 0 Å². The second-order valence-corrected chi connectivity index (χ2v) is 13.4. The Labute approximate surface area is 273 Å². The van der Waals surface area contributed by atoms with E-state index in [2.05, 4.69) is 33.1 Å². The van der Waals surface area contributed by atoms with E-state index in [0.29, 0.717) is 5.54 Å². The molecule has 0 aliphatic heterocycles. The van der Waals surface area contributed by atoms with Crippen LogP contribution in [0.3, 0.4) is 0 Å². The van der Waals surface area contributed by atoms with Gasteiger partial charge in [0.25, 0.3) is 0 Å². The molecule has 0 aromatic rings. The molecule has 0 saturated carbocycles. The number of halogens is 1. The quantitative estimate of drug-likeness (QED) is 0.0516. The van der Waals surface area contributed by atoms with E-state index in [9.17, 15) is 0 Å². The molecule has 0 aliphatic carbocycles. The molecule has 0 heterocycles. The molecular formula is C38H80IN. The Bertz CT molecular complexity index is 377. The predicted octanol–water partition coefficient (Wildman–Crippen LogP) is 9.86. The second kappa shape index (κ2) is 35.9. The molecule has 0 aromatic heterocycles. The normalized spacial score (nSPS) is 11.7. The lowest BCUT2D eigenvalue weighted by atomic mass is 9.81. The molecule has 0 amide bonds. The first-order valence-electron chi connectivity index (χ1n) is 19.0. The van der Waals surface area contributed by atoms with E-state index in [1.54, 1.807) is 0 Å². The maximum absolute atomic E-state index is 2.67. The summed E-state index contributed by atoms with van der Waals surface area (Å²) < 4.78 is 0. The highest BCUT2D eigenvalue weighted by molar-refractivity contribution is 4.78. The van der Waals surface area contributed by atoms with Crippen LogP contribution in [0.1, 0.15) is 233 Å². The third-order valence-electron chi connectivity index (χ3n) is 9.70. The molecule has 2 N–H and O–H groups in total. The summed E-state index contributed by atoms with van der Waals surface area (Å²) in [5, 5.41) is 2.67. The van der Waals surface area contributed by atoms with Crippen LogP contribution in [0, 0.1) is 0 Å². The van der Waals surface area contributed by atoms with Crippen LogP contribution in [0.25, 0.3) is 0 Å². The molecule has 0 rings (SSSR count). The van der Waals surface area contributed by atoms with E-state index >= 15 is 0 Å². The van der Waals surface area contributed by atoms with E-state index in [1.807, 2.05) is 0 Å².